The third-order valence-corrected chi connectivity index (χ3v) is 5.78. The van der Waals surface area contributed by atoms with Crippen molar-refractivity contribution in [3.05, 3.63) is 30.0 Å². The van der Waals surface area contributed by atoms with Crippen molar-refractivity contribution in [2.45, 2.75) is 32.2 Å². The fourth-order valence-electron chi connectivity index (χ4n) is 3.28. The molecule has 8 nitrogen and oxygen atoms in total. The first kappa shape index (κ1) is 19.4. The summed E-state index contributed by atoms with van der Waals surface area (Å²) in [4.78, 5) is 25.1. The third kappa shape index (κ3) is 3.98. The number of hydrogen-bond donors (Lipinski definition) is 1. The monoisotopic (exact) mass is 394 g/mol. The van der Waals surface area contributed by atoms with E-state index >= 15 is 0 Å². The molecule has 2 heterocycles. The summed E-state index contributed by atoms with van der Waals surface area (Å²) in [6.45, 7) is 2.13. The van der Waals surface area contributed by atoms with Crippen molar-refractivity contribution in [1.82, 2.24) is 4.31 Å². The number of hydrogen-bond acceptors (Lipinski definition) is 6. The Balaban J connectivity index is 1.96. The summed E-state index contributed by atoms with van der Waals surface area (Å²) in [6, 6.07) is 6.08. The van der Waals surface area contributed by atoms with E-state index in [4.69, 9.17) is 9.15 Å². The quantitative estimate of drug-likeness (QED) is 0.781. The predicted octanol–water partition coefficient (Wildman–Crippen LogP) is 2.36. The molecule has 0 aliphatic carbocycles. The molecule has 1 fully saturated rings. The lowest BCUT2D eigenvalue weighted by atomic mass is 10.0. The van der Waals surface area contributed by atoms with Crippen LogP contribution >= 0.6 is 0 Å². The first-order chi connectivity index (χ1) is 12.8. The molecule has 146 valence electrons. The Kier molecular flexibility index (Phi) is 5.52. The van der Waals surface area contributed by atoms with Gasteiger partial charge in [0.15, 0.2) is 0 Å². The number of nitrogens with zero attached hydrogens (tertiary/aromatic N) is 1. The highest BCUT2D eigenvalue weighted by atomic mass is 32.2. The van der Waals surface area contributed by atoms with Gasteiger partial charge in [-0.2, -0.15) is 4.31 Å². The minimum atomic E-state index is -3.52. The molecule has 1 atom stereocenters. The highest BCUT2D eigenvalue weighted by molar-refractivity contribution is 7.88. The largest absolute Gasteiger partial charge is 0.460 e. The zero-order chi connectivity index (χ0) is 19.6. The summed E-state index contributed by atoms with van der Waals surface area (Å²) < 4.78 is 35.9. The van der Waals surface area contributed by atoms with Crippen LogP contribution in [-0.4, -0.2) is 50.0 Å². The average Bonchev–Trinajstić information content (AvgIpc) is 3.00. The number of amides is 1. The molecule has 1 aromatic carbocycles. The van der Waals surface area contributed by atoms with E-state index in [9.17, 15) is 18.0 Å². The number of ether oxygens (including phenoxy) is 1. The molecule has 1 saturated heterocycles. The Morgan fingerprint density at radius 1 is 1.30 bits per heavy atom. The van der Waals surface area contributed by atoms with Gasteiger partial charge in [-0.3, -0.25) is 4.79 Å². The lowest BCUT2D eigenvalue weighted by Crippen LogP contribution is -2.49. The Labute approximate surface area is 157 Å². The molecular formula is C18H22N2O6S. The van der Waals surface area contributed by atoms with Gasteiger partial charge < -0.3 is 14.5 Å². The lowest BCUT2D eigenvalue weighted by Gasteiger charge is -2.32. The van der Waals surface area contributed by atoms with Crippen molar-refractivity contribution < 1.29 is 27.2 Å². The van der Waals surface area contributed by atoms with E-state index in [1.54, 1.807) is 31.2 Å². The standard InChI is InChI=1S/C18H22N2O6S/c1-3-25-18(22)16-15(12-8-4-5-10-14(12)26-16)19-17(21)13-9-6-7-11-20(13)27(2,23)24/h4-5,8,10,13H,3,6-7,9,11H2,1-2H3,(H,19,21). The maximum atomic E-state index is 12.9. The number of carbonyl (C=O) groups is 2. The number of esters is 1. The van der Waals surface area contributed by atoms with Crippen LogP contribution in [0, 0.1) is 0 Å². The second kappa shape index (κ2) is 7.69. The van der Waals surface area contributed by atoms with Gasteiger partial charge in [0.2, 0.25) is 21.7 Å². The van der Waals surface area contributed by atoms with Crippen LogP contribution in [0.1, 0.15) is 36.7 Å². The van der Waals surface area contributed by atoms with Crippen LogP contribution in [0.4, 0.5) is 5.69 Å². The molecule has 3 rings (SSSR count). The van der Waals surface area contributed by atoms with Gasteiger partial charge in [0.25, 0.3) is 0 Å². The van der Waals surface area contributed by atoms with Gasteiger partial charge in [-0.15, -0.1) is 0 Å². The molecule has 0 bridgehead atoms. The van der Waals surface area contributed by atoms with Gasteiger partial charge in [0, 0.05) is 11.9 Å². The van der Waals surface area contributed by atoms with Gasteiger partial charge >= 0.3 is 5.97 Å². The van der Waals surface area contributed by atoms with Crippen molar-refractivity contribution in [1.29, 1.82) is 0 Å². The molecule has 1 N–H and O–H groups in total. The van der Waals surface area contributed by atoms with E-state index in [0.29, 0.717) is 30.4 Å². The van der Waals surface area contributed by atoms with Gasteiger partial charge in [-0.25, -0.2) is 13.2 Å². The van der Waals surface area contributed by atoms with Crippen molar-refractivity contribution in [2.75, 3.05) is 24.7 Å². The number of sulfonamides is 1. The van der Waals surface area contributed by atoms with E-state index in [-0.39, 0.29) is 18.1 Å². The van der Waals surface area contributed by atoms with Crippen molar-refractivity contribution in [3.8, 4) is 0 Å². The smallest absolute Gasteiger partial charge is 0.376 e. The number of piperidine rings is 1. The van der Waals surface area contributed by atoms with Gasteiger partial charge in [-0.05, 0) is 31.9 Å². The van der Waals surface area contributed by atoms with Crippen LogP contribution in [0.5, 0.6) is 0 Å². The normalized spacial score (nSPS) is 18.4. The molecule has 1 amide bonds. The highest BCUT2D eigenvalue weighted by Crippen LogP contribution is 2.32. The molecular weight excluding hydrogens is 372 g/mol. The minimum Gasteiger partial charge on any atom is -0.460 e. The zero-order valence-corrected chi connectivity index (χ0v) is 16.0. The first-order valence-corrected chi connectivity index (χ1v) is 10.6. The number of furan rings is 1. The molecule has 1 unspecified atom stereocenters. The van der Waals surface area contributed by atoms with Crippen molar-refractivity contribution in [3.63, 3.8) is 0 Å². The second-order valence-corrected chi connectivity index (χ2v) is 8.33. The molecule has 0 saturated carbocycles. The van der Waals surface area contributed by atoms with E-state index < -0.39 is 27.9 Å². The third-order valence-electron chi connectivity index (χ3n) is 4.49. The van der Waals surface area contributed by atoms with E-state index in [2.05, 4.69) is 5.32 Å². The molecule has 2 aromatic rings. The Morgan fingerprint density at radius 3 is 2.74 bits per heavy atom. The van der Waals surface area contributed by atoms with Crippen LogP contribution in [-0.2, 0) is 19.6 Å². The first-order valence-electron chi connectivity index (χ1n) is 8.79. The molecule has 27 heavy (non-hydrogen) atoms. The zero-order valence-electron chi connectivity index (χ0n) is 15.2. The second-order valence-electron chi connectivity index (χ2n) is 6.40. The molecule has 1 aliphatic heterocycles. The predicted molar refractivity (Wildman–Crippen MR) is 100.0 cm³/mol. The molecule has 0 radical (unpaired) electrons. The summed E-state index contributed by atoms with van der Waals surface area (Å²) in [5.41, 5.74) is 0.632. The Morgan fingerprint density at radius 2 is 2.04 bits per heavy atom. The number of rotatable bonds is 5. The number of anilines is 1. The summed E-state index contributed by atoms with van der Waals surface area (Å²) >= 11 is 0. The topological polar surface area (TPSA) is 106 Å². The van der Waals surface area contributed by atoms with E-state index in [1.807, 2.05) is 0 Å². The van der Waals surface area contributed by atoms with Crippen LogP contribution < -0.4 is 5.32 Å². The Hall–Kier alpha value is -2.39. The summed E-state index contributed by atoms with van der Waals surface area (Å²) in [5.74, 6) is -1.28. The summed E-state index contributed by atoms with van der Waals surface area (Å²) in [5, 5.41) is 3.26. The lowest BCUT2D eigenvalue weighted by molar-refractivity contribution is -0.120. The fourth-order valence-corrected chi connectivity index (χ4v) is 4.40. The SMILES string of the molecule is CCOC(=O)c1oc2ccccc2c1NC(=O)C1CCCCN1S(C)(=O)=O. The van der Waals surface area contributed by atoms with E-state index in [0.717, 1.165) is 12.7 Å². The minimum absolute atomic E-state index is 0.104. The molecule has 1 aromatic heterocycles. The van der Waals surface area contributed by atoms with Crippen molar-refractivity contribution >= 4 is 38.6 Å². The van der Waals surface area contributed by atoms with Gasteiger partial charge in [0.1, 0.15) is 17.3 Å². The fraction of sp³-hybridized carbons (Fsp3) is 0.444. The van der Waals surface area contributed by atoms with Crippen molar-refractivity contribution in [2.24, 2.45) is 0 Å². The highest BCUT2D eigenvalue weighted by Gasteiger charge is 2.35. The molecule has 1 aliphatic rings. The summed E-state index contributed by atoms with van der Waals surface area (Å²) in [6.07, 6.45) is 2.97. The number of carbonyl (C=O) groups excluding carboxylic acids is 2. The molecule has 0 spiro atoms. The van der Waals surface area contributed by atoms with Crippen LogP contribution in [0.3, 0.4) is 0 Å². The average molecular weight is 394 g/mol. The molecule has 9 heteroatoms. The van der Waals surface area contributed by atoms with Crippen LogP contribution in [0.25, 0.3) is 11.0 Å². The maximum absolute atomic E-state index is 12.9. The van der Waals surface area contributed by atoms with Gasteiger partial charge in [-0.1, -0.05) is 18.6 Å². The van der Waals surface area contributed by atoms with E-state index in [1.165, 1.54) is 4.31 Å². The van der Waals surface area contributed by atoms with Crippen LogP contribution in [0.2, 0.25) is 0 Å². The number of nitrogens with one attached hydrogen (secondary N) is 1. The summed E-state index contributed by atoms with van der Waals surface area (Å²) in [7, 11) is -3.52. The van der Waals surface area contributed by atoms with Gasteiger partial charge in [0.05, 0.1) is 12.9 Å². The maximum Gasteiger partial charge on any atom is 0.376 e. The Bertz CT molecular complexity index is 965. The number of para-hydroxylation sites is 1. The number of fused-ring (bicyclic) bond motifs is 1. The van der Waals surface area contributed by atoms with Crippen LogP contribution in [0.15, 0.2) is 28.7 Å². The number of benzene rings is 1.